The summed E-state index contributed by atoms with van der Waals surface area (Å²) in [7, 11) is 0. The lowest BCUT2D eigenvalue weighted by Crippen LogP contribution is -2.61. The first-order chi connectivity index (χ1) is 44.2. The first-order valence-electron chi connectivity index (χ1n) is 31.7. The molecule has 5 heteroatoms. The molecule has 0 saturated heterocycles. The highest BCUT2D eigenvalue weighted by atomic mass is 15.2. The van der Waals surface area contributed by atoms with Crippen molar-refractivity contribution in [1.29, 1.82) is 0 Å². The van der Waals surface area contributed by atoms with Gasteiger partial charge in [-0.25, -0.2) is 0 Å². The van der Waals surface area contributed by atoms with Gasteiger partial charge in [-0.2, -0.15) is 0 Å². The Morgan fingerprint density at radius 1 is 0.281 bits per heavy atom. The molecule has 4 nitrogen and oxygen atoms in total. The van der Waals surface area contributed by atoms with Gasteiger partial charge in [0, 0.05) is 77.9 Å². The van der Waals surface area contributed by atoms with E-state index in [1.807, 2.05) is 0 Å². The average molecular weight is 1140 g/mol. The average Bonchev–Trinajstić information content (AvgIpc) is 1.28. The number of fused-ring (bicyclic) bond motifs is 10. The highest BCUT2D eigenvalue weighted by Crippen LogP contribution is 2.54. The first-order valence-corrected chi connectivity index (χ1v) is 31.7. The molecule has 0 amide bonds. The number of aromatic nitrogens is 2. The number of nitrogens with zero attached hydrogens (tertiary/aromatic N) is 4. The minimum absolute atomic E-state index is 0.162. The Hall–Kier alpha value is -10.9. The lowest BCUT2D eigenvalue weighted by atomic mass is 9.33. The van der Waals surface area contributed by atoms with Crippen LogP contribution < -0.4 is 26.2 Å². The second kappa shape index (κ2) is 20.9. The summed E-state index contributed by atoms with van der Waals surface area (Å²) < 4.78 is 5.01. The van der Waals surface area contributed by atoms with Gasteiger partial charge in [-0.1, -0.05) is 262 Å². The van der Waals surface area contributed by atoms with Crippen LogP contribution >= 0.6 is 0 Å². The Morgan fingerprint density at radius 2 is 0.607 bits per heavy atom. The Labute approximate surface area is 519 Å². The topological polar surface area (TPSA) is 16.3 Å². The number of rotatable bonds is 9. The smallest absolute Gasteiger partial charge is 0.252 e. The number of para-hydroxylation sites is 6. The van der Waals surface area contributed by atoms with Gasteiger partial charge in [0.05, 0.1) is 33.4 Å². The highest BCUT2D eigenvalue weighted by molar-refractivity contribution is 7.00. The van der Waals surface area contributed by atoms with Crippen LogP contribution in [0, 0.1) is 0 Å². The SMILES string of the molecule is c1ccc(-c2cccc(-c3ccccc3)c2N2c3cc(-n4c5ccccc5c5ccccc54)ccc3B3c4ccc(-n5c6ccccc6c6ccccc65)cc4N(c4c(-c5ccccc5)cccc4-c4ccccc4)c4cc(C5CCCCC5)cc2c43)cc1. The second-order valence-electron chi connectivity index (χ2n) is 24.5. The molecule has 0 spiro atoms. The van der Waals surface area contributed by atoms with Crippen molar-refractivity contribution in [1.82, 2.24) is 9.13 Å². The van der Waals surface area contributed by atoms with Crippen molar-refractivity contribution in [2.45, 2.75) is 38.0 Å². The fourth-order valence-corrected chi connectivity index (χ4v) is 15.8. The Morgan fingerprint density at radius 3 is 0.955 bits per heavy atom. The molecule has 4 heterocycles. The summed E-state index contributed by atoms with van der Waals surface area (Å²) in [5.41, 5.74) is 28.8. The summed E-state index contributed by atoms with van der Waals surface area (Å²) in [5.74, 6) is 0.374. The van der Waals surface area contributed by atoms with E-state index in [-0.39, 0.29) is 6.71 Å². The van der Waals surface area contributed by atoms with Gasteiger partial charge in [0.25, 0.3) is 6.71 Å². The van der Waals surface area contributed by atoms with Crippen molar-refractivity contribution in [3.8, 4) is 55.9 Å². The van der Waals surface area contributed by atoms with Crippen LogP contribution in [0.1, 0.15) is 43.6 Å². The lowest BCUT2D eigenvalue weighted by molar-refractivity contribution is 0.444. The molecule has 0 bridgehead atoms. The highest BCUT2D eigenvalue weighted by Gasteiger charge is 2.46. The van der Waals surface area contributed by atoms with E-state index in [1.165, 1.54) is 163 Å². The number of benzene rings is 13. The van der Waals surface area contributed by atoms with E-state index in [0.29, 0.717) is 5.92 Å². The maximum atomic E-state index is 2.73. The monoisotopic (exact) mass is 1140 g/mol. The molecule has 13 aromatic carbocycles. The maximum absolute atomic E-state index is 2.73. The molecule has 18 rings (SSSR count). The van der Waals surface area contributed by atoms with Crippen molar-refractivity contribution < 1.29 is 0 Å². The van der Waals surface area contributed by atoms with Crippen LogP contribution in [-0.2, 0) is 0 Å². The summed E-state index contributed by atoms with van der Waals surface area (Å²) in [6.07, 6.45) is 6.00. The van der Waals surface area contributed by atoms with Gasteiger partial charge in [-0.15, -0.1) is 0 Å². The fraction of sp³-hybridized carbons (Fsp3) is 0.0714. The molecule has 0 unspecified atom stereocenters. The van der Waals surface area contributed by atoms with Crippen LogP contribution in [0.15, 0.2) is 303 Å². The third-order valence-corrected chi connectivity index (χ3v) is 19.7. The maximum Gasteiger partial charge on any atom is 0.252 e. The molecule has 0 radical (unpaired) electrons. The zero-order chi connectivity index (χ0) is 58.5. The second-order valence-corrected chi connectivity index (χ2v) is 24.5. The normalized spacial score (nSPS) is 13.7. The minimum Gasteiger partial charge on any atom is -0.310 e. The van der Waals surface area contributed by atoms with E-state index in [9.17, 15) is 0 Å². The Bertz CT molecular complexity index is 4710. The van der Waals surface area contributed by atoms with E-state index >= 15 is 0 Å². The summed E-state index contributed by atoms with van der Waals surface area (Å²) in [4.78, 5) is 5.46. The third-order valence-electron chi connectivity index (χ3n) is 19.7. The zero-order valence-electron chi connectivity index (χ0n) is 49.3. The van der Waals surface area contributed by atoms with Crippen LogP contribution in [0.25, 0.3) is 99.5 Å². The molecule has 2 aliphatic heterocycles. The molecule has 15 aromatic rings. The van der Waals surface area contributed by atoms with Gasteiger partial charge in [-0.05, 0) is 124 Å². The molecular formula is C84H61BN4. The van der Waals surface area contributed by atoms with E-state index in [2.05, 4.69) is 322 Å². The molecule has 1 saturated carbocycles. The van der Waals surface area contributed by atoms with Crippen LogP contribution in [-0.4, -0.2) is 15.8 Å². The molecule has 0 N–H and O–H groups in total. The molecular weight excluding hydrogens is 1080 g/mol. The zero-order valence-corrected chi connectivity index (χ0v) is 49.3. The van der Waals surface area contributed by atoms with Crippen molar-refractivity contribution >= 4 is 101 Å². The van der Waals surface area contributed by atoms with Crippen molar-refractivity contribution in [2.75, 3.05) is 9.80 Å². The quantitative estimate of drug-likeness (QED) is 0.134. The molecule has 1 fully saturated rings. The van der Waals surface area contributed by atoms with E-state index < -0.39 is 0 Å². The summed E-state index contributed by atoms with van der Waals surface area (Å²) in [6.45, 7) is -0.162. The van der Waals surface area contributed by atoms with Crippen LogP contribution in [0.3, 0.4) is 0 Å². The number of anilines is 6. The summed E-state index contributed by atoms with van der Waals surface area (Å²) in [6, 6.07) is 114. The van der Waals surface area contributed by atoms with Gasteiger partial charge in [0.2, 0.25) is 0 Å². The van der Waals surface area contributed by atoms with E-state index in [1.54, 1.807) is 0 Å². The third kappa shape index (κ3) is 8.15. The fourth-order valence-electron chi connectivity index (χ4n) is 15.8. The van der Waals surface area contributed by atoms with E-state index in [4.69, 9.17) is 0 Å². The van der Waals surface area contributed by atoms with Crippen molar-refractivity contribution in [2.24, 2.45) is 0 Å². The molecule has 2 aromatic heterocycles. The molecule has 89 heavy (non-hydrogen) atoms. The number of hydrogen-bond acceptors (Lipinski definition) is 2. The van der Waals surface area contributed by atoms with Gasteiger partial charge < -0.3 is 18.9 Å². The van der Waals surface area contributed by atoms with Gasteiger partial charge in [0.1, 0.15) is 0 Å². The number of hydrogen-bond donors (Lipinski definition) is 0. The predicted octanol–water partition coefficient (Wildman–Crippen LogP) is 20.7. The van der Waals surface area contributed by atoms with Crippen LogP contribution in [0.2, 0.25) is 0 Å². The Balaban J connectivity index is 1.01. The van der Waals surface area contributed by atoms with Gasteiger partial charge in [-0.3, -0.25) is 0 Å². The minimum atomic E-state index is -0.162. The molecule has 0 atom stereocenters. The van der Waals surface area contributed by atoms with Crippen molar-refractivity contribution in [3.05, 3.63) is 309 Å². The van der Waals surface area contributed by atoms with E-state index in [0.717, 1.165) is 24.2 Å². The Kier molecular flexibility index (Phi) is 12.1. The molecule has 3 aliphatic rings. The predicted molar refractivity (Wildman–Crippen MR) is 377 cm³/mol. The standard InChI is InChI=1S/C84H61BN4/c1-6-26-56(27-7-1)61-52-80-82-81(53-61)89(84-66(59-32-12-4-13-33-59)42-25-43-67(84)60-34-14-5-15-35-60)79-55-63(87-76-46-22-18-38-70(76)71-39-19-23-47-77(71)87)49-51-73(79)85(82)72-50-48-62(86-74-44-20-16-36-68(74)69-37-17-21-45-75(69)86)54-78(72)88(80)83-64(57-28-8-2-9-29-57)40-24-41-65(83)58-30-10-3-11-31-58/h2-5,8-25,28-56H,1,6-7,26-27H2. The molecule has 420 valence electrons. The van der Waals surface area contributed by atoms with Crippen LogP contribution in [0.5, 0.6) is 0 Å². The first kappa shape index (κ1) is 51.4. The van der Waals surface area contributed by atoms with Crippen molar-refractivity contribution in [3.63, 3.8) is 0 Å². The molecule has 1 aliphatic carbocycles. The lowest BCUT2D eigenvalue weighted by Gasteiger charge is -2.46. The summed E-state index contributed by atoms with van der Waals surface area (Å²) >= 11 is 0. The summed E-state index contributed by atoms with van der Waals surface area (Å²) in [5, 5.41) is 4.99. The van der Waals surface area contributed by atoms with Gasteiger partial charge >= 0.3 is 0 Å². The van der Waals surface area contributed by atoms with Gasteiger partial charge in [0.15, 0.2) is 0 Å². The van der Waals surface area contributed by atoms with Crippen LogP contribution in [0.4, 0.5) is 34.1 Å². The largest absolute Gasteiger partial charge is 0.310 e.